The van der Waals surface area contributed by atoms with Crippen molar-refractivity contribution in [2.24, 2.45) is 0 Å². The molecule has 4 N–H and O–H groups in total. The van der Waals surface area contributed by atoms with Gasteiger partial charge in [0.15, 0.2) is 6.10 Å². The highest BCUT2D eigenvalue weighted by Crippen LogP contribution is 2.45. The number of allylic oxidation sites excluding steroid dienone is 18. The summed E-state index contributed by atoms with van der Waals surface area (Å²) in [4.78, 5) is 58.4. The van der Waals surface area contributed by atoms with Gasteiger partial charge in [-0.2, -0.15) is 0 Å². The zero-order valence-corrected chi connectivity index (χ0v) is 62.8. The summed E-state index contributed by atoms with van der Waals surface area (Å²) in [5.41, 5.74) is 0. The van der Waals surface area contributed by atoms with Crippen molar-refractivity contribution in [2.75, 3.05) is 39.6 Å². The SMILES string of the molecule is CC/C=C\C/C=C\C/C=C\C/C=C\C/C=C\C/C=C\CCCCCCCCCCCCCCCCCCC(=O)OCC(O)COP(=O)(O)OCC(O)COP(=O)(O)OCC(COC(=O)CCCCCCC/C=C\C/C=C\CCCCC)OC(=O)CCCCCCC/C=C\CCCC. The number of phosphoric acid groups is 2. The molecule has 0 aliphatic rings. The minimum Gasteiger partial charge on any atom is -0.463 e. The number of aliphatic hydroxyl groups excluding tert-OH is 2. The molecule has 18 heteroatoms. The highest BCUT2D eigenvalue weighted by Gasteiger charge is 2.29. The molecule has 5 unspecified atom stereocenters. The molecule has 0 aromatic rings. The van der Waals surface area contributed by atoms with Gasteiger partial charge in [0.2, 0.25) is 0 Å². The maximum Gasteiger partial charge on any atom is 0.472 e. The van der Waals surface area contributed by atoms with Gasteiger partial charge >= 0.3 is 33.6 Å². The standard InChI is InChI=1S/C79H138O16P2/c1-4-7-10-13-16-19-22-24-26-27-28-29-30-31-32-33-34-35-36-37-38-39-40-41-42-43-44-45-47-49-51-53-56-59-62-65-77(82)89-68-74(80)69-91-96(85,86)92-70-75(81)71-93-97(87,88)94-73-76(95-79(84)67-64-61-58-55-50-21-18-15-12-9-6-3)72-90-78(83)66-63-60-57-54-52-48-46-25-23-20-17-14-11-8-5-2/h7,10,15-20,24-26,28-29,31-32,34-35,46,74-76,80-81H,4-6,8-9,11-14,21-23,27,30,33,36-45,47-73H2,1-3H3,(H,85,86)(H,87,88)/b10-7-,18-15-,19-16-,20-17-,26-24-,29-28-,32-31-,35-34-,46-25-. The second kappa shape index (κ2) is 72.0. The Kier molecular flexibility index (Phi) is 69.2. The third kappa shape index (κ3) is 73.3. The van der Waals surface area contributed by atoms with Gasteiger partial charge in [-0.15, -0.1) is 0 Å². The molecule has 16 nitrogen and oxygen atoms in total. The first kappa shape index (κ1) is 93.2. The van der Waals surface area contributed by atoms with E-state index in [1.807, 2.05) is 0 Å². The van der Waals surface area contributed by atoms with E-state index >= 15 is 0 Å². The van der Waals surface area contributed by atoms with Crippen LogP contribution in [-0.4, -0.2) is 95.9 Å². The van der Waals surface area contributed by atoms with Crippen molar-refractivity contribution in [1.29, 1.82) is 0 Å². The average Bonchev–Trinajstić information content (AvgIpc) is 2.25. The smallest absolute Gasteiger partial charge is 0.463 e. The third-order valence-electron chi connectivity index (χ3n) is 16.0. The Hall–Kier alpha value is -3.79. The highest BCUT2D eigenvalue weighted by atomic mass is 31.2. The van der Waals surface area contributed by atoms with Crippen molar-refractivity contribution in [3.63, 3.8) is 0 Å². The second-order valence-corrected chi connectivity index (χ2v) is 28.3. The van der Waals surface area contributed by atoms with Gasteiger partial charge in [0.05, 0.1) is 26.4 Å². The maximum atomic E-state index is 12.9. The van der Waals surface area contributed by atoms with Crippen LogP contribution in [-0.2, 0) is 55.8 Å². The number of aliphatic hydroxyl groups is 2. The summed E-state index contributed by atoms with van der Waals surface area (Å²) >= 11 is 0. The molecule has 0 aliphatic carbocycles. The van der Waals surface area contributed by atoms with Crippen LogP contribution < -0.4 is 0 Å². The summed E-state index contributed by atoms with van der Waals surface area (Å²) < 4.78 is 60.9. The van der Waals surface area contributed by atoms with Crippen LogP contribution in [0.3, 0.4) is 0 Å². The molecule has 0 aromatic heterocycles. The van der Waals surface area contributed by atoms with E-state index in [2.05, 4.69) is 130 Å². The molecule has 0 rings (SSSR count). The Labute approximate surface area is 590 Å². The van der Waals surface area contributed by atoms with Gasteiger partial charge in [-0.1, -0.05) is 284 Å². The lowest BCUT2D eigenvalue weighted by molar-refractivity contribution is -0.161. The van der Waals surface area contributed by atoms with E-state index in [0.29, 0.717) is 19.3 Å². The largest absolute Gasteiger partial charge is 0.472 e. The third-order valence-corrected chi connectivity index (χ3v) is 17.9. The molecular formula is C79H138O16P2. The molecule has 560 valence electrons. The van der Waals surface area contributed by atoms with Crippen LogP contribution in [0.15, 0.2) is 109 Å². The summed E-state index contributed by atoms with van der Waals surface area (Å²) in [5, 5.41) is 20.6. The summed E-state index contributed by atoms with van der Waals surface area (Å²) in [6, 6.07) is 0. The zero-order chi connectivity index (χ0) is 70.9. The second-order valence-electron chi connectivity index (χ2n) is 25.4. The van der Waals surface area contributed by atoms with Gasteiger partial charge in [-0.05, 0) is 122 Å². The van der Waals surface area contributed by atoms with Crippen molar-refractivity contribution < 1.29 is 75.8 Å². The number of ether oxygens (including phenoxy) is 3. The molecule has 0 bridgehead atoms. The minimum atomic E-state index is -4.92. The molecule has 0 aliphatic heterocycles. The zero-order valence-electron chi connectivity index (χ0n) is 61.0. The lowest BCUT2D eigenvalue weighted by atomic mass is 10.0. The number of esters is 3. The number of rotatable bonds is 72. The van der Waals surface area contributed by atoms with E-state index in [0.717, 1.165) is 141 Å². The van der Waals surface area contributed by atoms with Gasteiger partial charge in [0.25, 0.3) is 0 Å². The number of carbonyl (C=O) groups is 3. The van der Waals surface area contributed by atoms with E-state index in [9.17, 15) is 43.5 Å². The number of hydrogen-bond acceptors (Lipinski definition) is 14. The molecule has 0 saturated heterocycles. The van der Waals surface area contributed by atoms with Gasteiger partial charge in [-0.25, -0.2) is 9.13 Å². The fourth-order valence-electron chi connectivity index (χ4n) is 10.1. The van der Waals surface area contributed by atoms with Crippen molar-refractivity contribution in [2.45, 2.75) is 334 Å². The summed E-state index contributed by atoms with van der Waals surface area (Å²) in [6.45, 7) is 2.48. The summed E-state index contributed by atoms with van der Waals surface area (Å²) in [6.07, 6.45) is 83.2. The van der Waals surface area contributed by atoms with E-state index in [1.165, 1.54) is 116 Å². The first-order valence-corrected chi connectivity index (χ1v) is 41.2. The fraction of sp³-hybridized carbons (Fsp3) is 0.734. The van der Waals surface area contributed by atoms with Gasteiger partial charge < -0.3 is 34.2 Å². The van der Waals surface area contributed by atoms with Crippen LogP contribution in [0.1, 0.15) is 316 Å². The van der Waals surface area contributed by atoms with Crippen LogP contribution in [0, 0.1) is 0 Å². The van der Waals surface area contributed by atoms with Gasteiger partial charge in [0.1, 0.15) is 25.4 Å². The first-order valence-electron chi connectivity index (χ1n) is 38.2. The number of phosphoric ester groups is 2. The number of unbranched alkanes of at least 4 members (excludes halogenated alkanes) is 31. The van der Waals surface area contributed by atoms with Crippen molar-refractivity contribution in [1.82, 2.24) is 0 Å². The molecule has 0 spiro atoms. The average molecular weight is 1410 g/mol. The first-order chi connectivity index (χ1) is 47.2. The Morgan fingerprint density at radius 1 is 0.299 bits per heavy atom. The molecule has 0 amide bonds. The van der Waals surface area contributed by atoms with Crippen molar-refractivity contribution >= 4 is 33.6 Å². The van der Waals surface area contributed by atoms with E-state index < -0.39 is 91.5 Å². The molecule has 0 aromatic carbocycles. The predicted octanol–water partition coefficient (Wildman–Crippen LogP) is 22.0. The van der Waals surface area contributed by atoms with Crippen LogP contribution in [0.5, 0.6) is 0 Å². The number of hydrogen-bond donors (Lipinski definition) is 4. The minimum absolute atomic E-state index is 0.0918. The van der Waals surface area contributed by atoms with Crippen molar-refractivity contribution in [3.8, 4) is 0 Å². The molecular weight excluding hydrogens is 1270 g/mol. The summed E-state index contributed by atoms with van der Waals surface area (Å²) in [5.74, 6) is -1.60. The summed E-state index contributed by atoms with van der Waals surface area (Å²) in [7, 11) is -9.78. The van der Waals surface area contributed by atoms with E-state index in [1.54, 1.807) is 0 Å². The molecule has 5 atom stereocenters. The topological polar surface area (TPSA) is 231 Å². The predicted molar refractivity (Wildman–Crippen MR) is 399 cm³/mol. The van der Waals surface area contributed by atoms with Crippen LogP contribution in [0.4, 0.5) is 0 Å². The van der Waals surface area contributed by atoms with E-state index in [4.69, 9.17) is 32.3 Å². The maximum absolute atomic E-state index is 12.9. The molecule has 0 saturated carbocycles. The lowest BCUT2D eigenvalue weighted by Crippen LogP contribution is -2.30. The Morgan fingerprint density at radius 3 is 0.907 bits per heavy atom. The molecule has 97 heavy (non-hydrogen) atoms. The molecule has 0 fully saturated rings. The Morgan fingerprint density at radius 2 is 0.557 bits per heavy atom. The van der Waals surface area contributed by atoms with Crippen LogP contribution in [0.2, 0.25) is 0 Å². The quantitative estimate of drug-likeness (QED) is 0.0146. The fourth-order valence-corrected chi connectivity index (χ4v) is 11.7. The highest BCUT2D eigenvalue weighted by molar-refractivity contribution is 7.47. The van der Waals surface area contributed by atoms with Crippen LogP contribution in [0.25, 0.3) is 0 Å². The molecule has 0 heterocycles. The monoisotopic (exact) mass is 1400 g/mol. The Balaban J connectivity index is 4.30. The van der Waals surface area contributed by atoms with Crippen LogP contribution >= 0.6 is 15.6 Å². The van der Waals surface area contributed by atoms with Gasteiger partial charge in [-0.3, -0.25) is 32.5 Å². The van der Waals surface area contributed by atoms with E-state index in [-0.39, 0.29) is 19.3 Å². The van der Waals surface area contributed by atoms with Crippen molar-refractivity contribution in [3.05, 3.63) is 109 Å². The normalized spacial score (nSPS) is 14.7. The Bertz CT molecular complexity index is 2200. The van der Waals surface area contributed by atoms with Gasteiger partial charge in [0, 0.05) is 19.3 Å². The molecule has 0 radical (unpaired) electrons. The lowest BCUT2D eigenvalue weighted by Gasteiger charge is -2.21. The number of carbonyl (C=O) groups excluding carboxylic acids is 3.